The number of hydrogen-bond donors (Lipinski definition) is 1. The highest BCUT2D eigenvalue weighted by molar-refractivity contribution is 7.85. The fraction of sp³-hybridized carbons (Fsp3) is 0.364. The minimum Gasteiger partial charge on any atom is -0.272 e. The molecule has 0 aliphatic rings. The van der Waals surface area contributed by atoms with Crippen LogP contribution in [0.15, 0.2) is 45.8 Å². The van der Waals surface area contributed by atoms with Crippen LogP contribution < -0.4 is 5.14 Å². The number of carbonyl (C=O) groups excluding carboxylic acids is 1. The van der Waals surface area contributed by atoms with Gasteiger partial charge in [0.2, 0.25) is 0 Å². The molecule has 1 atom stereocenters. The summed E-state index contributed by atoms with van der Waals surface area (Å²) in [5, 5.41) is 11.4. The maximum absolute atomic E-state index is 14.5. The first kappa shape index (κ1) is 21.3. The van der Waals surface area contributed by atoms with Gasteiger partial charge >= 0.3 is 0 Å². The molecule has 2 aromatic carbocycles. The van der Waals surface area contributed by atoms with Crippen molar-refractivity contribution in [2.24, 2.45) is 16.5 Å². The van der Waals surface area contributed by atoms with E-state index in [9.17, 15) is 9.18 Å². The maximum Gasteiger partial charge on any atom is 0.257 e. The number of rotatable bonds is 5. The van der Waals surface area contributed by atoms with Crippen LogP contribution in [0.1, 0.15) is 56.2 Å². The van der Waals surface area contributed by atoms with Gasteiger partial charge in [0.25, 0.3) is 5.91 Å². The normalized spacial score (nSPS) is 13.0. The first-order valence-electron chi connectivity index (χ1n) is 9.65. The summed E-state index contributed by atoms with van der Waals surface area (Å²) >= 11 is 0. The Morgan fingerprint density at radius 3 is 2.59 bits per heavy atom. The molecule has 2 N–H and O–H groups in total. The zero-order chi connectivity index (χ0) is 21.3. The Labute approximate surface area is 173 Å². The van der Waals surface area contributed by atoms with Crippen LogP contribution in [0.4, 0.5) is 4.39 Å². The Morgan fingerprint density at radius 2 is 1.93 bits per heavy atom. The summed E-state index contributed by atoms with van der Waals surface area (Å²) < 4.78 is 20.5. The van der Waals surface area contributed by atoms with Crippen LogP contribution in [0.3, 0.4) is 0 Å². The molecular weight excluding hydrogens is 387 g/mol. The predicted molar refractivity (Wildman–Crippen MR) is 116 cm³/mol. The Kier molecular flexibility index (Phi) is 6.29. The van der Waals surface area contributed by atoms with E-state index in [0.717, 1.165) is 26.9 Å². The second kappa shape index (κ2) is 8.55. The number of carbonyl (C=O) groups is 1. The average molecular weight is 415 g/mol. The zero-order valence-corrected chi connectivity index (χ0v) is 18.3. The highest BCUT2D eigenvalue weighted by Crippen LogP contribution is 2.30. The molecule has 0 saturated carbocycles. The van der Waals surface area contributed by atoms with Crippen LogP contribution in [-0.4, -0.2) is 15.7 Å². The first-order valence-corrected chi connectivity index (χ1v) is 10.9. The monoisotopic (exact) mass is 414 g/mol. The molecule has 3 rings (SSSR count). The highest BCUT2D eigenvalue weighted by atomic mass is 32.2. The van der Waals surface area contributed by atoms with Gasteiger partial charge in [-0.2, -0.15) is 9.46 Å². The van der Waals surface area contributed by atoms with Crippen LogP contribution in [0.2, 0.25) is 0 Å². The molecule has 1 unspecified atom stereocenters. The van der Waals surface area contributed by atoms with Gasteiger partial charge in [-0.3, -0.25) is 14.6 Å². The quantitative estimate of drug-likeness (QED) is 0.654. The maximum atomic E-state index is 14.5. The van der Waals surface area contributed by atoms with Crippen LogP contribution in [0.5, 0.6) is 0 Å². The summed E-state index contributed by atoms with van der Waals surface area (Å²) in [4.78, 5) is 13.5. The van der Waals surface area contributed by atoms with E-state index in [2.05, 4.69) is 9.46 Å². The fourth-order valence-electron chi connectivity index (χ4n) is 3.63. The van der Waals surface area contributed by atoms with E-state index in [4.69, 9.17) is 5.14 Å². The zero-order valence-electron chi connectivity index (χ0n) is 17.4. The summed E-state index contributed by atoms with van der Waals surface area (Å²) in [5.41, 5.74) is 3.30. The number of nitrogens with two attached hydrogens (primary N) is 1. The molecule has 154 valence electrons. The third-order valence-corrected chi connectivity index (χ3v) is 6.16. The summed E-state index contributed by atoms with van der Waals surface area (Å²) in [6, 6.07) is 8.96. The lowest BCUT2D eigenvalue weighted by atomic mass is 9.86. The number of halogens is 1. The standard InChI is InChI=1S/C22H27FN4OS/c1-13(2)17-7-8-19(23)22(14(3)4)18(17)11-21(28)26-29(24)16-6-9-20-15(10-16)12-25-27(20)5/h6-10,12-14H,11H2,1-5H3,(H2,24,26,28). The molecule has 0 spiro atoms. The van der Waals surface area contributed by atoms with Gasteiger partial charge in [0.1, 0.15) is 5.82 Å². The molecule has 0 aliphatic carbocycles. The molecule has 7 heteroatoms. The van der Waals surface area contributed by atoms with Crippen molar-refractivity contribution in [1.29, 1.82) is 0 Å². The summed E-state index contributed by atoms with van der Waals surface area (Å²) in [7, 11) is 0.792. The van der Waals surface area contributed by atoms with E-state index in [1.54, 1.807) is 16.9 Å². The molecule has 1 amide bonds. The number of aromatic nitrogens is 2. The SMILES string of the molecule is CC(C)c1ccc(F)c(C(C)C)c1CC(=O)N=S(N)c1ccc2c(cnn2C)c1. The predicted octanol–water partition coefficient (Wildman–Crippen LogP) is 4.76. The molecule has 0 radical (unpaired) electrons. The lowest BCUT2D eigenvalue weighted by molar-refractivity contribution is -0.117. The smallest absolute Gasteiger partial charge is 0.257 e. The molecule has 29 heavy (non-hydrogen) atoms. The molecular formula is C22H27FN4OS. The Morgan fingerprint density at radius 1 is 1.21 bits per heavy atom. The van der Waals surface area contributed by atoms with Gasteiger partial charge < -0.3 is 0 Å². The number of fused-ring (bicyclic) bond motifs is 1. The number of nitrogens with zero attached hydrogens (tertiary/aromatic N) is 3. The Balaban J connectivity index is 1.94. The van der Waals surface area contributed by atoms with Crippen LogP contribution in [-0.2, 0) is 29.1 Å². The number of benzene rings is 2. The second-order valence-corrected chi connectivity index (χ2v) is 9.09. The average Bonchev–Trinajstić information content (AvgIpc) is 3.01. The van der Waals surface area contributed by atoms with Gasteiger partial charge in [0.05, 0.1) is 18.1 Å². The lowest BCUT2D eigenvalue weighted by Gasteiger charge is -2.19. The highest BCUT2D eigenvalue weighted by Gasteiger charge is 2.20. The van der Waals surface area contributed by atoms with Gasteiger partial charge in [0, 0.05) is 28.2 Å². The summed E-state index contributed by atoms with van der Waals surface area (Å²) in [6.45, 7) is 7.95. The van der Waals surface area contributed by atoms with Crippen molar-refractivity contribution in [3.05, 3.63) is 59.0 Å². The molecule has 0 saturated heterocycles. The molecule has 1 heterocycles. The molecule has 0 fully saturated rings. The minimum atomic E-state index is -1.08. The molecule has 0 bridgehead atoms. The van der Waals surface area contributed by atoms with Crippen molar-refractivity contribution < 1.29 is 9.18 Å². The lowest BCUT2D eigenvalue weighted by Crippen LogP contribution is -2.13. The molecule has 0 aliphatic heterocycles. The topological polar surface area (TPSA) is 73.3 Å². The van der Waals surface area contributed by atoms with Crippen molar-refractivity contribution >= 4 is 27.7 Å². The van der Waals surface area contributed by atoms with Gasteiger partial charge in [-0.25, -0.2) is 4.39 Å². The number of aryl methyl sites for hydroxylation is 1. The van der Waals surface area contributed by atoms with E-state index in [1.807, 2.05) is 52.9 Å². The Hall–Kier alpha value is -2.38. The second-order valence-electron chi connectivity index (χ2n) is 7.80. The van der Waals surface area contributed by atoms with E-state index in [1.165, 1.54) is 6.07 Å². The molecule has 5 nitrogen and oxygen atoms in total. The van der Waals surface area contributed by atoms with E-state index >= 15 is 0 Å². The third kappa shape index (κ3) is 4.46. The summed E-state index contributed by atoms with van der Waals surface area (Å²) in [6.07, 6.45) is 1.81. The molecule has 3 aromatic rings. The van der Waals surface area contributed by atoms with Gasteiger partial charge in [-0.1, -0.05) is 33.8 Å². The minimum absolute atomic E-state index is 0.0272. The number of amides is 1. The largest absolute Gasteiger partial charge is 0.272 e. The van der Waals surface area contributed by atoms with Gasteiger partial charge in [-0.15, -0.1) is 0 Å². The van der Waals surface area contributed by atoms with Crippen LogP contribution in [0, 0.1) is 5.82 Å². The van der Waals surface area contributed by atoms with E-state index < -0.39 is 10.9 Å². The van der Waals surface area contributed by atoms with Crippen molar-refractivity contribution in [1.82, 2.24) is 9.78 Å². The molecule has 1 aromatic heterocycles. The van der Waals surface area contributed by atoms with Gasteiger partial charge in [0.15, 0.2) is 0 Å². The van der Waals surface area contributed by atoms with Crippen molar-refractivity contribution in [3.8, 4) is 0 Å². The Bertz CT molecular complexity index is 1100. The summed E-state index contributed by atoms with van der Waals surface area (Å²) in [5.74, 6) is -0.460. The fourth-order valence-corrected chi connectivity index (χ4v) is 4.48. The van der Waals surface area contributed by atoms with Crippen molar-refractivity contribution in [2.45, 2.75) is 50.8 Å². The number of hydrogen-bond acceptors (Lipinski definition) is 2. The first-order chi connectivity index (χ1) is 13.7. The van der Waals surface area contributed by atoms with Crippen LogP contribution >= 0.6 is 0 Å². The van der Waals surface area contributed by atoms with Gasteiger partial charge in [-0.05, 0) is 52.8 Å². The van der Waals surface area contributed by atoms with Crippen LogP contribution in [0.25, 0.3) is 10.9 Å². The van der Waals surface area contributed by atoms with E-state index in [-0.39, 0.29) is 30.0 Å². The third-order valence-electron chi connectivity index (χ3n) is 5.03. The van der Waals surface area contributed by atoms with Crippen molar-refractivity contribution in [2.75, 3.05) is 0 Å². The van der Waals surface area contributed by atoms with E-state index in [0.29, 0.717) is 5.56 Å². The van der Waals surface area contributed by atoms with Crippen molar-refractivity contribution in [3.63, 3.8) is 0 Å².